The molecule has 0 N–H and O–H groups in total. The lowest BCUT2D eigenvalue weighted by Gasteiger charge is -2.03. The molecule has 0 atom stereocenters. The summed E-state index contributed by atoms with van der Waals surface area (Å²) in [6, 6.07) is 9.05. The van der Waals surface area contributed by atoms with Gasteiger partial charge in [-0.2, -0.15) is 5.26 Å². The molecule has 4 heteroatoms. The van der Waals surface area contributed by atoms with Crippen LogP contribution in [0.15, 0.2) is 41.8 Å². The molecule has 0 unspecified atom stereocenters. The fourth-order valence-electron chi connectivity index (χ4n) is 1.05. The minimum atomic E-state index is -0.376. The number of rotatable bonds is 5. The van der Waals surface area contributed by atoms with Crippen molar-refractivity contribution in [2.24, 2.45) is 0 Å². The first-order chi connectivity index (χ1) is 7.77. The van der Waals surface area contributed by atoms with E-state index >= 15 is 0 Å². The Kier molecular flexibility index (Phi) is 5.17. The lowest BCUT2D eigenvalue weighted by molar-refractivity contribution is 0.0549. The minimum Gasteiger partial charge on any atom is -0.458 e. The van der Waals surface area contributed by atoms with E-state index in [-0.39, 0.29) is 12.6 Å². The summed E-state index contributed by atoms with van der Waals surface area (Å²) < 4.78 is 4.91. The van der Waals surface area contributed by atoms with Crippen LogP contribution in [0, 0.1) is 11.3 Å². The minimum absolute atomic E-state index is 0.203. The number of nitrogens with zero attached hydrogens (tertiary/aromatic N) is 1. The van der Waals surface area contributed by atoms with Gasteiger partial charge in [0, 0.05) is 4.90 Å². The highest BCUT2D eigenvalue weighted by atomic mass is 32.2. The Balaban J connectivity index is 2.70. The average Bonchev–Trinajstić information content (AvgIpc) is 2.33. The Morgan fingerprint density at radius 3 is 3.12 bits per heavy atom. The number of carbonyl (C=O) groups is 1. The zero-order chi connectivity index (χ0) is 11.8. The fraction of sp³-hybridized carbons (Fsp3) is 0.167. The van der Waals surface area contributed by atoms with E-state index in [1.165, 1.54) is 17.8 Å². The average molecular weight is 233 g/mol. The summed E-state index contributed by atoms with van der Waals surface area (Å²) in [5.74, 6) is -0.00941. The summed E-state index contributed by atoms with van der Waals surface area (Å²) >= 11 is 1.39. The van der Waals surface area contributed by atoms with Gasteiger partial charge in [-0.25, -0.2) is 4.79 Å². The predicted octanol–water partition coefficient (Wildman–Crippen LogP) is 2.65. The zero-order valence-corrected chi connectivity index (χ0v) is 9.50. The third kappa shape index (κ3) is 3.79. The quantitative estimate of drug-likeness (QED) is 0.445. The first-order valence-electron chi connectivity index (χ1n) is 4.65. The van der Waals surface area contributed by atoms with E-state index in [2.05, 4.69) is 6.58 Å². The summed E-state index contributed by atoms with van der Waals surface area (Å²) in [6.07, 6.45) is 1.52. The van der Waals surface area contributed by atoms with Crippen molar-refractivity contribution < 1.29 is 9.53 Å². The van der Waals surface area contributed by atoms with Crippen molar-refractivity contribution in [3.05, 3.63) is 42.5 Å². The van der Waals surface area contributed by atoms with E-state index < -0.39 is 0 Å². The highest BCUT2D eigenvalue weighted by Gasteiger charge is 2.06. The van der Waals surface area contributed by atoms with E-state index in [1.54, 1.807) is 18.2 Å². The van der Waals surface area contributed by atoms with Gasteiger partial charge in [-0.05, 0) is 18.2 Å². The maximum Gasteiger partial charge on any atom is 0.338 e. The van der Waals surface area contributed by atoms with Gasteiger partial charge in [0.25, 0.3) is 0 Å². The highest BCUT2D eigenvalue weighted by Crippen LogP contribution is 2.18. The number of benzene rings is 1. The molecule has 16 heavy (non-hydrogen) atoms. The van der Waals surface area contributed by atoms with Gasteiger partial charge in [-0.3, -0.25) is 0 Å². The number of nitriles is 1. The first-order valence-corrected chi connectivity index (χ1v) is 5.64. The van der Waals surface area contributed by atoms with E-state index in [4.69, 9.17) is 10.00 Å². The van der Waals surface area contributed by atoms with Gasteiger partial charge in [0.1, 0.15) is 6.61 Å². The molecule has 0 aromatic heterocycles. The molecule has 0 amide bonds. The van der Waals surface area contributed by atoms with Crippen LogP contribution in [0.3, 0.4) is 0 Å². The molecule has 0 saturated carbocycles. The molecule has 0 aliphatic carbocycles. The largest absolute Gasteiger partial charge is 0.458 e. The van der Waals surface area contributed by atoms with Crippen LogP contribution >= 0.6 is 11.8 Å². The van der Waals surface area contributed by atoms with Crippen LogP contribution in [-0.4, -0.2) is 18.3 Å². The maximum absolute atomic E-state index is 11.5. The second-order valence-corrected chi connectivity index (χ2v) is 3.91. The standard InChI is InChI=1S/C12H11NO2S/c1-2-7-15-12(14)10-4-3-5-11(9-10)16-8-6-13/h2-5,9H,1,7-8H2. The Bertz CT molecular complexity index is 423. The molecule has 0 fully saturated rings. The molecular weight excluding hydrogens is 222 g/mol. The van der Waals surface area contributed by atoms with Gasteiger partial charge < -0.3 is 4.74 Å². The molecule has 0 radical (unpaired) electrons. The number of hydrogen-bond acceptors (Lipinski definition) is 4. The summed E-state index contributed by atoms with van der Waals surface area (Å²) in [5.41, 5.74) is 0.491. The van der Waals surface area contributed by atoms with E-state index in [9.17, 15) is 4.79 Å². The number of carbonyl (C=O) groups excluding carboxylic acids is 1. The van der Waals surface area contributed by atoms with Gasteiger partial charge >= 0.3 is 5.97 Å². The van der Waals surface area contributed by atoms with Crippen molar-refractivity contribution in [2.45, 2.75) is 4.90 Å². The lowest BCUT2D eigenvalue weighted by Crippen LogP contribution is -2.04. The summed E-state index contributed by atoms with van der Waals surface area (Å²) in [6.45, 7) is 3.67. The first kappa shape index (κ1) is 12.3. The van der Waals surface area contributed by atoms with Crippen LogP contribution in [0.4, 0.5) is 0 Å². The third-order valence-corrected chi connectivity index (χ3v) is 2.57. The van der Waals surface area contributed by atoms with Gasteiger partial charge in [0.15, 0.2) is 0 Å². The van der Waals surface area contributed by atoms with Crippen molar-refractivity contribution in [3.63, 3.8) is 0 Å². The molecule has 82 valence electrons. The molecule has 1 aromatic rings. The summed E-state index contributed by atoms with van der Waals surface area (Å²) in [5, 5.41) is 8.45. The molecule has 3 nitrogen and oxygen atoms in total. The lowest BCUT2D eigenvalue weighted by atomic mass is 10.2. The van der Waals surface area contributed by atoms with Gasteiger partial charge in [-0.1, -0.05) is 18.7 Å². The van der Waals surface area contributed by atoms with E-state index in [1.807, 2.05) is 12.1 Å². The van der Waals surface area contributed by atoms with Crippen LogP contribution < -0.4 is 0 Å². The van der Waals surface area contributed by atoms with E-state index in [0.29, 0.717) is 11.3 Å². The van der Waals surface area contributed by atoms with Crippen molar-refractivity contribution >= 4 is 17.7 Å². The fourth-order valence-corrected chi connectivity index (χ4v) is 1.66. The van der Waals surface area contributed by atoms with Crippen LogP contribution in [0.5, 0.6) is 0 Å². The Morgan fingerprint density at radius 2 is 2.44 bits per heavy atom. The smallest absolute Gasteiger partial charge is 0.338 e. The van der Waals surface area contributed by atoms with Crippen LogP contribution in [0.1, 0.15) is 10.4 Å². The molecule has 1 aromatic carbocycles. The Labute approximate surface area is 98.7 Å². The maximum atomic E-state index is 11.5. The SMILES string of the molecule is C=CCOC(=O)c1cccc(SCC#N)c1. The second kappa shape index (κ2) is 6.70. The van der Waals surface area contributed by atoms with Gasteiger partial charge in [0.2, 0.25) is 0 Å². The number of thioether (sulfide) groups is 1. The molecule has 0 saturated heterocycles. The van der Waals surface area contributed by atoms with Crippen molar-refractivity contribution in [1.29, 1.82) is 5.26 Å². The molecule has 0 heterocycles. The topological polar surface area (TPSA) is 50.1 Å². The van der Waals surface area contributed by atoms with Gasteiger partial charge in [-0.15, -0.1) is 11.8 Å². The number of ether oxygens (including phenoxy) is 1. The normalized spacial score (nSPS) is 9.19. The summed E-state index contributed by atoms with van der Waals surface area (Å²) in [4.78, 5) is 12.4. The van der Waals surface area contributed by atoms with Crippen molar-refractivity contribution in [1.82, 2.24) is 0 Å². The van der Waals surface area contributed by atoms with Gasteiger partial charge in [0.05, 0.1) is 17.4 Å². The highest BCUT2D eigenvalue weighted by molar-refractivity contribution is 7.99. The molecule has 0 bridgehead atoms. The zero-order valence-electron chi connectivity index (χ0n) is 8.68. The Morgan fingerprint density at radius 1 is 1.62 bits per heavy atom. The monoisotopic (exact) mass is 233 g/mol. The molecule has 1 rings (SSSR count). The summed E-state index contributed by atoms with van der Waals surface area (Å²) in [7, 11) is 0. The second-order valence-electron chi connectivity index (χ2n) is 2.86. The van der Waals surface area contributed by atoms with Crippen LogP contribution in [-0.2, 0) is 4.74 Å². The molecule has 0 aliphatic rings. The molecule has 0 aliphatic heterocycles. The molecular formula is C12H11NO2S. The van der Waals surface area contributed by atoms with Crippen LogP contribution in [0.25, 0.3) is 0 Å². The number of hydrogen-bond donors (Lipinski definition) is 0. The Hall–Kier alpha value is -1.73. The van der Waals surface area contributed by atoms with Crippen molar-refractivity contribution in [2.75, 3.05) is 12.4 Å². The van der Waals surface area contributed by atoms with E-state index in [0.717, 1.165) is 4.90 Å². The predicted molar refractivity (Wildman–Crippen MR) is 63.3 cm³/mol. The third-order valence-electron chi connectivity index (χ3n) is 1.71. The number of esters is 1. The molecule has 0 spiro atoms. The van der Waals surface area contributed by atoms with Crippen LogP contribution in [0.2, 0.25) is 0 Å². The van der Waals surface area contributed by atoms with Crippen molar-refractivity contribution in [3.8, 4) is 6.07 Å².